The SMILES string of the molecule is CCc1nnsc1-c1nnc2cncc(Cl)n12. The number of fused-ring (bicyclic) bond motifs is 1. The van der Waals surface area contributed by atoms with Crippen molar-refractivity contribution in [1.29, 1.82) is 0 Å². The van der Waals surface area contributed by atoms with Crippen molar-refractivity contribution < 1.29 is 0 Å². The first-order valence-corrected chi connectivity index (χ1v) is 6.12. The Kier molecular flexibility index (Phi) is 2.49. The zero-order valence-corrected chi connectivity index (χ0v) is 10.4. The minimum Gasteiger partial charge on any atom is -0.261 e. The number of nitrogens with zero attached hydrogens (tertiary/aromatic N) is 6. The van der Waals surface area contributed by atoms with Crippen LogP contribution >= 0.6 is 23.1 Å². The van der Waals surface area contributed by atoms with E-state index in [0.29, 0.717) is 16.6 Å². The van der Waals surface area contributed by atoms with Gasteiger partial charge in [0.15, 0.2) is 11.5 Å². The maximum Gasteiger partial charge on any atom is 0.183 e. The predicted molar refractivity (Wildman–Crippen MR) is 64.1 cm³/mol. The molecule has 0 aliphatic rings. The number of hydrogen-bond acceptors (Lipinski definition) is 6. The van der Waals surface area contributed by atoms with Gasteiger partial charge in [-0.05, 0) is 18.0 Å². The molecule has 17 heavy (non-hydrogen) atoms. The maximum absolute atomic E-state index is 6.10. The molecule has 0 atom stereocenters. The minimum absolute atomic E-state index is 0.470. The maximum atomic E-state index is 6.10. The van der Waals surface area contributed by atoms with Crippen molar-refractivity contribution in [1.82, 2.24) is 29.2 Å². The van der Waals surface area contributed by atoms with Gasteiger partial charge in [-0.1, -0.05) is 23.0 Å². The number of rotatable bonds is 2. The average Bonchev–Trinajstić information content (AvgIpc) is 2.94. The van der Waals surface area contributed by atoms with Crippen molar-refractivity contribution in [2.24, 2.45) is 0 Å². The van der Waals surface area contributed by atoms with Crippen molar-refractivity contribution in [2.75, 3.05) is 0 Å². The van der Waals surface area contributed by atoms with E-state index in [1.54, 1.807) is 16.8 Å². The molecule has 0 saturated heterocycles. The molecule has 0 aliphatic carbocycles. The van der Waals surface area contributed by atoms with Crippen LogP contribution < -0.4 is 0 Å². The van der Waals surface area contributed by atoms with Crippen LogP contribution in [0.5, 0.6) is 0 Å². The monoisotopic (exact) mass is 266 g/mol. The lowest BCUT2D eigenvalue weighted by molar-refractivity contribution is 0.984. The first kappa shape index (κ1) is 10.5. The Hall–Kier alpha value is -1.60. The molecule has 0 radical (unpaired) electrons. The van der Waals surface area contributed by atoms with Gasteiger partial charge in [0, 0.05) is 0 Å². The molecule has 0 aliphatic heterocycles. The molecule has 0 fully saturated rings. The molecule has 0 spiro atoms. The third-order valence-electron chi connectivity index (χ3n) is 2.37. The number of aryl methyl sites for hydroxylation is 1. The van der Waals surface area contributed by atoms with Gasteiger partial charge in [-0.25, -0.2) is 0 Å². The van der Waals surface area contributed by atoms with E-state index in [9.17, 15) is 0 Å². The Bertz CT molecular complexity index is 675. The summed E-state index contributed by atoms with van der Waals surface area (Å²) in [6, 6.07) is 0. The lowest BCUT2D eigenvalue weighted by atomic mass is 10.3. The summed E-state index contributed by atoms with van der Waals surface area (Å²) >= 11 is 7.39. The van der Waals surface area contributed by atoms with E-state index in [0.717, 1.165) is 17.0 Å². The fourth-order valence-electron chi connectivity index (χ4n) is 1.57. The van der Waals surface area contributed by atoms with Gasteiger partial charge < -0.3 is 0 Å². The van der Waals surface area contributed by atoms with Gasteiger partial charge in [0.25, 0.3) is 0 Å². The topological polar surface area (TPSA) is 68.9 Å². The van der Waals surface area contributed by atoms with Gasteiger partial charge in [-0.15, -0.1) is 15.3 Å². The summed E-state index contributed by atoms with van der Waals surface area (Å²) in [5.74, 6) is 0.666. The van der Waals surface area contributed by atoms with Crippen LogP contribution in [-0.4, -0.2) is 29.2 Å². The normalized spacial score (nSPS) is 11.2. The van der Waals surface area contributed by atoms with Crippen LogP contribution in [0.1, 0.15) is 12.6 Å². The molecule has 86 valence electrons. The molecule has 0 aromatic carbocycles. The van der Waals surface area contributed by atoms with Crippen LogP contribution in [0.2, 0.25) is 5.15 Å². The summed E-state index contributed by atoms with van der Waals surface area (Å²) in [6.07, 6.45) is 3.97. The van der Waals surface area contributed by atoms with E-state index in [-0.39, 0.29) is 0 Å². The quantitative estimate of drug-likeness (QED) is 0.708. The number of aromatic nitrogens is 6. The summed E-state index contributed by atoms with van der Waals surface area (Å²) in [5, 5.41) is 12.7. The highest BCUT2D eigenvalue weighted by Crippen LogP contribution is 2.26. The standard InChI is InChI=1S/C9H7ClN6S/c1-2-5-8(17-15-12-5)9-14-13-7-4-11-3-6(10)16(7)9/h3-4H,2H2,1H3. The predicted octanol–water partition coefficient (Wildman–Crippen LogP) is 1.86. The fourth-order valence-corrected chi connectivity index (χ4v) is 2.52. The second kappa shape index (κ2) is 4.01. The molecule has 6 nitrogen and oxygen atoms in total. The van der Waals surface area contributed by atoms with Crippen LogP contribution in [0.25, 0.3) is 16.3 Å². The molecule has 0 amide bonds. The number of halogens is 1. The van der Waals surface area contributed by atoms with Crippen LogP contribution in [-0.2, 0) is 6.42 Å². The van der Waals surface area contributed by atoms with Crippen molar-refractivity contribution in [3.8, 4) is 10.7 Å². The van der Waals surface area contributed by atoms with E-state index in [1.807, 2.05) is 6.92 Å². The Labute approximate surface area is 105 Å². The lowest BCUT2D eigenvalue weighted by Gasteiger charge is -1.99. The fraction of sp³-hybridized carbons (Fsp3) is 0.222. The molecule has 3 aromatic rings. The molecule has 3 heterocycles. The average molecular weight is 267 g/mol. The molecule has 3 aromatic heterocycles. The Morgan fingerprint density at radius 1 is 1.29 bits per heavy atom. The first-order chi connectivity index (χ1) is 8.31. The smallest absolute Gasteiger partial charge is 0.183 e. The minimum atomic E-state index is 0.470. The van der Waals surface area contributed by atoms with E-state index in [2.05, 4.69) is 24.8 Å². The van der Waals surface area contributed by atoms with Crippen molar-refractivity contribution in [3.05, 3.63) is 23.2 Å². The zero-order valence-electron chi connectivity index (χ0n) is 8.83. The third kappa shape index (κ3) is 1.58. The highest BCUT2D eigenvalue weighted by Gasteiger charge is 2.16. The molecular weight excluding hydrogens is 260 g/mol. The summed E-state index contributed by atoms with van der Waals surface area (Å²) < 4.78 is 5.68. The lowest BCUT2D eigenvalue weighted by Crippen LogP contribution is -1.93. The summed E-state index contributed by atoms with van der Waals surface area (Å²) in [5.41, 5.74) is 1.51. The van der Waals surface area contributed by atoms with E-state index in [4.69, 9.17) is 11.6 Å². The van der Waals surface area contributed by atoms with Crippen molar-refractivity contribution in [3.63, 3.8) is 0 Å². The van der Waals surface area contributed by atoms with Crippen molar-refractivity contribution >= 4 is 28.8 Å². The van der Waals surface area contributed by atoms with Crippen molar-refractivity contribution in [2.45, 2.75) is 13.3 Å². The van der Waals surface area contributed by atoms with Gasteiger partial charge in [0.1, 0.15) is 10.0 Å². The zero-order chi connectivity index (χ0) is 11.8. The Balaban J connectivity index is 2.31. The highest BCUT2D eigenvalue weighted by molar-refractivity contribution is 7.09. The largest absolute Gasteiger partial charge is 0.261 e. The molecule has 0 unspecified atom stereocenters. The van der Waals surface area contributed by atoms with Crippen LogP contribution in [0.4, 0.5) is 0 Å². The van der Waals surface area contributed by atoms with Gasteiger partial charge in [0.2, 0.25) is 0 Å². The second-order valence-corrected chi connectivity index (χ2v) is 4.49. The van der Waals surface area contributed by atoms with Crippen LogP contribution in [0.3, 0.4) is 0 Å². The summed E-state index contributed by atoms with van der Waals surface area (Å²) in [7, 11) is 0. The Morgan fingerprint density at radius 2 is 2.18 bits per heavy atom. The Morgan fingerprint density at radius 3 is 3.00 bits per heavy atom. The molecule has 0 saturated carbocycles. The van der Waals surface area contributed by atoms with Gasteiger partial charge in [-0.2, -0.15) is 0 Å². The molecular formula is C9H7ClN6S. The highest BCUT2D eigenvalue weighted by atomic mass is 35.5. The van der Waals surface area contributed by atoms with Gasteiger partial charge >= 0.3 is 0 Å². The summed E-state index contributed by atoms with van der Waals surface area (Å²) in [4.78, 5) is 4.86. The molecule has 0 N–H and O–H groups in total. The molecule has 3 rings (SSSR count). The molecule has 8 heteroatoms. The van der Waals surface area contributed by atoms with Gasteiger partial charge in [-0.3, -0.25) is 9.38 Å². The van der Waals surface area contributed by atoms with Crippen LogP contribution in [0, 0.1) is 0 Å². The van der Waals surface area contributed by atoms with E-state index >= 15 is 0 Å². The van der Waals surface area contributed by atoms with Crippen LogP contribution in [0.15, 0.2) is 12.4 Å². The van der Waals surface area contributed by atoms with Gasteiger partial charge in [0.05, 0.1) is 18.1 Å². The second-order valence-electron chi connectivity index (χ2n) is 3.35. The number of hydrogen-bond donors (Lipinski definition) is 0. The third-order valence-corrected chi connectivity index (χ3v) is 3.40. The van der Waals surface area contributed by atoms with E-state index < -0.39 is 0 Å². The summed E-state index contributed by atoms with van der Waals surface area (Å²) in [6.45, 7) is 2.02. The first-order valence-electron chi connectivity index (χ1n) is 4.97. The van der Waals surface area contributed by atoms with E-state index in [1.165, 1.54) is 11.5 Å². The molecule has 0 bridgehead atoms.